The highest BCUT2D eigenvalue weighted by Gasteiger charge is 2.23. The van der Waals surface area contributed by atoms with Crippen molar-refractivity contribution in [1.29, 1.82) is 0 Å². The zero-order chi connectivity index (χ0) is 13.1. The van der Waals surface area contributed by atoms with Gasteiger partial charge >= 0.3 is 6.09 Å². The second kappa shape index (κ2) is 5.56. The Bertz CT molecular complexity index is 484. The molecule has 0 aliphatic carbocycles. The number of hydrogen-bond donors (Lipinski definition) is 1. The Morgan fingerprint density at radius 2 is 2.22 bits per heavy atom. The Labute approximate surface area is 110 Å². The number of piperidine rings is 1. The van der Waals surface area contributed by atoms with Gasteiger partial charge in [-0.2, -0.15) is 0 Å². The van der Waals surface area contributed by atoms with Gasteiger partial charge in [-0.3, -0.25) is 4.99 Å². The van der Waals surface area contributed by atoms with Crippen molar-refractivity contribution in [3.63, 3.8) is 0 Å². The first-order valence-corrected chi connectivity index (χ1v) is 7.04. The van der Waals surface area contributed by atoms with Gasteiger partial charge in [-0.25, -0.2) is 4.79 Å². The van der Waals surface area contributed by atoms with E-state index in [4.69, 9.17) is 5.11 Å². The van der Waals surface area contributed by atoms with E-state index in [1.807, 2.05) is 7.05 Å². The molecule has 1 amide bonds. The smallest absolute Gasteiger partial charge is 0.407 e. The third-order valence-electron chi connectivity index (χ3n) is 3.59. The minimum Gasteiger partial charge on any atom is -0.465 e. The molecular weight excluding hydrogens is 250 g/mol. The highest BCUT2D eigenvalue weighted by molar-refractivity contribution is 7.07. The minimum absolute atomic E-state index is 0.589. The maximum absolute atomic E-state index is 10.8. The van der Waals surface area contributed by atoms with Crippen molar-refractivity contribution >= 4 is 17.4 Å². The normalized spacial score (nSPS) is 18.3. The summed E-state index contributed by atoms with van der Waals surface area (Å²) in [5, 5.41) is 11.1. The third-order valence-corrected chi connectivity index (χ3v) is 4.65. The van der Waals surface area contributed by atoms with Gasteiger partial charge in [0.25, 0.3) is 0 Å². The molecule has 0 spiro atoms. The Morgan fingerprint density at radius 1 is 1.56 bits per heavy atom. The van der Waals surface area contributed by atoms with Crippen molar-refractivity contribution in [3.05, 3.63) is 15.9 Å². The first-order valence-electron chi connectivity index (χ1n) is 6.16. The molecule has 2 rings (SSSR count). The number of likely N-dealkylation sites (tertiary alicyclic amines) is 1. The van der Waals surface area contributed by atoms with Crippen LogP contribution in [0.3, 0.4) is 0 Å². The van der Waals surface area contributed by atoms with Gasteiger partial charge in [-0.05, 0) is 25.2 Å². The van der Waals surface area contributed by atoms with Crippen LogP contribution in [-0.2, 0) is 13.5 Å². The number of carboxylic acid groups (broad SMARTS) is 1. The number of rotatable bonds is 2. The molecule has 1 saturated heterocycles. The molecule has 0 radical (unpaired) electrons. The van der Waals surface area contributed by atoms with E-state index in [0.717, 1.165) is 24.1 Å². The van der Waals surface area contributed by atoms with Gasteiger partial charge < -0.3 is 14.6 Å². The molecule has 1 N–H and O–H groups in total. The van der Waals surface area contributed by atoms with E-state index in [1.165, 1.54) is 10.6 Å². The lowest BCUT2D eigenvalue weighted by atomic mass is 9.92. The van der Waals surface area contributed by atoms with E-state index in [2.05, 4.69) is 14.9 Å². The van der Waals surface area contributed by atoms with Gasteiger partial charge in [0.05, 0.1) is 0 Å². The molecule has 2 heterocycles. The summed E-state index contributed by atoms with van der Waals surface area (Å²) in [6.07, 6.45) is 2.15. The van der Waals surface area contributed by atoms with Crippen LogP contribution in [-0.4, -0.2) is 40.8 Å². The molecule has 1 aliphatic rings. The molecule has 5 nitrogen and oxygen atoms in total. The lowest BCUT2D eigenvalue weighted by Gasteiger charge is -2.29. The predicted molar refractivity (Wildman–Crippen MR) is 70.8 cm³/mol. The molecule has 1 aromatic rings. The van der Waals surface area contributed by atoms with Crippen molar-refractivity contribution in [2.24, 2.45) is 18.0 Å². The van der Waals surface area contributed by atoms with Gasteiger partial charge in [0.15, 0.2) is 4.80 Å². The number of aromatic nitrogens is 1. The Morgan fingerprint density at radius 3 is 2.72 bits per heavy atom. The van der Waals surface area contributed by atoms with Gasteiger partial charge in [0.2, 0.25) is 0 Å². The summed E-state index contributed by atoms with van der Waals surface area (Å²) >= 11 is 1.66. The molecule has 1 fully saturated rings. The Kier molecular flexibility index (Phi) is 4.06. The summed E-state index contributed by atoms with van der Waals surface area (Å²) in [5.74, 6) is 0.589. The van der Waals surface area contributed by atoms with Crippen molar-refractivity contribution in [2.45, 2.75) is 19.3 Å². The number of carbonyl (C=O) groups is 1. The fourth-order valence-corrected chi connectivity index (χ4v) is 3.29. The Balaban J connectivity index is 1.95. The van der Waals surface area contributed by atoms with E-state index in [1.54, 1.807) is 18.4 Å². The number of amides is 1. The lowest BCUT2D eigenvalue weighted by molar-refractivity contribution is 0.124. The fraction of sp³-hybridized carbons (Fsp3) is 0.667. The van der Waals surface area contributed by atoms with Crippen LogP contribution in [0.15, 0.2) is 10.4 Å². The van der Waals surface area contributed by atoms with E-state index >= 15 is 0 Å². The minimum atomic E-state index is -0.790. The molecule has 6 heteroatoms. The van der Waals surface area contributed by atoms with E-state index in [0.29, 0.717) is 19.0 Å². The van der Waals surface area contributed by atoms with Crippen LogP contribution in [0.1, 0.15) is 18.5 Å². The molecule has 100 valence electrons. The van der Waals surface area contributed by atoms with Crippen LogP contribution in [0.4, 0.5) is 4.79 Å². The zero-order valence-corrected chi connectivity index (χ0v) is 11.6. The van der Waals surface area contributed by atoms with E-state index in [9.17, 15) is 4.79 Å². The van der Waals surface area contributed by atoms with E-state index < -0.39 is 6.09 Å². The van der Waals surface area contributed by atoms with Crippen LogP contribution in [0.5, 0.6) is 0 Å². The molecule has 0 unspecified atom stereocenters. The molecule has 1 aliphatic heterocycles. The summed E-state index contributed by atoms with van der Waals surface area (Å²) in [5.41, 5.74) is 1.30. The van der Waals surface area contributed by atoms with Crippen molar-refractivity contribution in [3.8, 4) is 0 Å². The molecule has 0 saturated carbocycles. The SMILES string of the molecule is CN=c1scc(CC2CCN(C(=O)O)CC2)n1C. The molecule has 18 heavy (non-hydrogen) atoms. The monoisotopic (exact) mass is 269 g/mol. The first kappa shape index (κ1) is 13.1. The molecular formula is C12H19N3O2S. The number of hydrogen-bond acceptors (Lipinski definition) is 3. The maximum atomic E-state index is 10.8. The molecule has 0 bridgehead atoms. The Hall–Kier alpha value is -1.30. The molecule has 0 atom stereocenters. The summed E-state index contributed by atoms with van der Waals surface area (Å²) in [6, 6.07) is 0. The average Bonchev–Trinajstić information content (AvgIpc) is 2.71. The first-order chi connectivity index (χ1) is 8.61. The lowest BCUT2D eigenvalue weighted by Crippen LogP contribution is -2.38. The van der Waals surface area contributed by atoms with Gasteiger partial charge in [0.1, 0.15) is 0 Å². The van der Waals surface area contributed by atoms with Crippen molar-refractivity contribution in [1.82, 2.24) is 9.47 Å². The quantitative estimate of drug-likeness (QED) is 0.885. The summed E-state index contributed by atoms with van der Waals surface area (Å²) < 4.78 is 2.13. The largest absolute Gasteiger partial charge is 0.465 e. The van der Waals surface area contributed by atoms with Gasteiger partial charge in [-0.15, -0.1) is 11.3 Å². The summed E-state index contributed by atoms with van der Waals surface area (Å²) in [6.45, 7) is 1.33. The summed E-state index contributed by atoms with van der Waals surface area (Å²) in [4.78, 5) is 17.6. The van der Waals surface area contributed by atoms with Crippen molar-refractivity contribution in [2.75, 3.05) is 20.1 Å². The molecule has 0 aromatic carbocycles. The number of nitrogens with zero attached hydrogens (tertiary/aromatic N) is 3. The molecule has 1 aromatic heterocycles. The summed E-state index contributed by atoms with van der Waals surface area (Å²) in [7, 11) is 3.85. The van der Waals surface area contributed by atoms with Crippen LogP contribution >= 0.6 is 11.3 Å². The third kappa shape index (κ3) is 2.75. The van der Waals surface area contributed by atoms with Crippen molar-refractivity contribution < 1.29 is 9.90 Å². The number of thiazole rings is 1. The predicted octanol–water partition coefficient (Wildman–Crippen LogP) is 1.55. The topological polar surface area (TPSA) is 57.8 Å². The van der Waals surface area contributed by atoms with Crippen LogP contribution in [0, 0.1) is 5.92 Å². The second-order valence-corrected chi connectivity index (χ2v) is 5.55. The van der Waals surface area contributed by atoms with Crippen LogP contribution in [0.2, 0.25) is 0 Å². The van der Waals surface area contributed by atoms with Gasteiger partial charge in [0, 0.05) is 38.3 Å². The highest BCUT2D eigenvalue weighted by atomic mass is 32.1. The standard InChI is InChI=1S/C12H19N3O2S/c1-13-11-14(2)10(8-18-11)7-9-3-5-15(6-4-9)12(16)17/h8-9H,3-7H2,1-2H3,(H,16,17). The van der Waals surface area contributed by atoms with E-state index in [-0.39, 0.29) is 0 Å². The fourth-order valence-electron chi connectivity index (χ4n) is 2.41. The maximum Gasteiger partial charge on any atom is 0.407 e. The zero-order valence-electron chi connectivity index (χ0n) is 10.8. The van der Waals surface area contributed by atoms with Gasteiger partial charge in [-0.1, -0.05) is 0 Å². The highest BCUT2D eigenvalue weighted by Crippen LogP contribution is 2.21. The average molecular weight is 269 g/mol. The van der Waals surface area contributed by atoms with Crippen LogP contribution in [0.25, 0.3) is 0 Å². The van der Waals surface area contributed by atoms with Crippen LogP contribution < -0.4 is 4.80 Å². The second-order valence-electron chi connectivity index (χ2n) is 4.71.